The lowest BCUT2D eigenvalue weighted by Crippen LogP contribution is -2.37. The topological polar surface area (TPSA) is 61.0 Å². The maximum absolute atomic E-state index is 13.6. The quantitative estimate of drug-likeness (QED) is 0.432. The van der Waals surface area contributed by atoms with Crippen LogP contribution >= 0.6 is 0 Å². The highest BCUT2D eigenvalue weighted by Crippen LogP contribution is 2.45. The molecule has 0 spiro atoms. The molecule has 0 unspecified atom stereocenters. The number of rotatable bonds is 2. The largest absolute Gasteiger partial charge is 0.371 e. The number of aromatic nitrogens is 3. The Morgan fingerprint density at radius 2 is 1.47 bits per heavy atom. The van der Waals surface area contributed by atoms with E-state index in [2.05, 4.69) is 47.1 Å². The van der Waals surface area contributed by atoms with Gasteiger partial charge in [-0.2, -0.15) is 0 Å². The van der Waals surface area contributed by atoms with Crippen molar-refractivity contribution in [3.05, 3.63) is 117 Å². The SMILES string of the molecule is Cc1ccc([C@H]2Nc3ccccc3-n3c(-c4ccccc4)c4c(=O)n(C)c(=O)n(C)c4c32)cc1. The Bertz CT molecular complexity index is 1690. The molecule has 0 saturated heterocycles. The molecule has 0 aliphatic carbocycles. The van der Waals surface area contributed by atoms with Crippen LogP contribution in [0.5, 0.6) is 0 Å². The van der Waals surface area contributed by atoms with Crippen molar-refractivity contribution in [3.63, 3.8) is 0 Å². The highest BCUT2D eigenvalue weighted by Gasteiger charge is 2.34. The van der Waals surface area contributed by atoms with Gasteiger partial charge >= 0.3 is 5.69 Å². The lowest BCUT2D eigenvalue weighted by molar-refractivity contribution is 0.708. The van der Waals surface area contributed by atoms with Gasteiger partial charge in [0.25, 0.3) is 5.56 Å². The van der Waals surface area contributed by atoms with Crippen molar-refractivity contribution >= 4 is 16.6 Å². The second-order valence-electron chi connectivity index (χ2n) is 8.87. The Morgan fingerprint density at radius 3 is 2.21 bits per heavy atom. The van der Waals surface area contributed by atoms with Crippen LogP contribution in [0.4, 0.5) is 5.69 Å². The van der Waals surface area contributed by atoms with E-state index in [1.807, 2.05) is 48.5 Å². The highest BCUT2D eigenvalue weighted by atomic mass is 16.2. The van der Waals surface area contributed by atoms with Crippen molar-refractivity contribution in [1.29, 1.82) is 0 Å². The minimum absolute atomic E-state index is 0.242. The molecule has 2 aromatic heterocycles. The van der Waals surface area contributed by atoms with Crippen LogP contribution in [0.25, 0.3) is 27.8 Å². The van der Waals surface area contributed by atoms with Crippen molar-refractivity contribution in [3.8, 4) is 16.9 Å². The van der Waals surface area contributed by atoms with E-state index in [1.54, 1.807) is 18.7 Å². The van der Waals surface area contributed by atoms with E-state index in [1.165, 1.54) is 10.1 Å². The summed E-state index contributed by atoms with van der Waals surface area (Å²) in [5.41, 5.74) is 6.78. The van der Waals surface area contributed by atoms with Gasteiger partial charge in [-0.25, -0.2) is 4.79 Å². The number of benzene rings is 3. The Labute approximate surface area is 196 Å². The van der Waals surface area contributed by atoms with E-state index < -0.39 is 0 Å². The molecule has 6 rings (SSSR count). The summed E-state index contributed by atoms with van der Waals surface area (Å²) in [6.45, 7) is 2.06. The number of para-hydroxylation sites is 2. The zero-order chi connectivity index (χ0) is 23.6. The molecule has 5 aromatic rings. The molecule has 1 atom stereocenters. The monoisotopic (exact) mass is 448 g/mol. The molecule has 0 amide bonds. The van der Waals surface area contributed by atoms with Crippen LogP contribution in [0, 0.1) is 6.92 Å². The second kappa shape index (κ2) is 7.35. The molecule has 3 heterocycles. The van der Waals surface area contributed by atoms with Crippen LogP contribution in [-0.4, -0.2) is 13.7 Å². The smallest absolute Gasteiger partial charge is 0.331 e. The van der Waals surface area contributed by atoms with Crippen LogP contribution in [0.15, 0.2) is 88.5 Å². The van der Waals surface area contributed by atoms with Gasteiger partial charge in [-0.1, -0.05) is 72.3 Å². The summed E-state index contributed by atoms with van der Waals surface area (Å²) < 4.78 is 4.96. The van der Waals surface area contributed by atoms with Gasteiger partial charge in [0.05, 0.1) is 39.7 Å². The lowest BCUT2D eigenvalue weighted by atomic mass is 9.98. The summed E-state index contributed by atoms with van der Waals surface area (Å²) in [4.78, 5) is 26.7. The van der Waals surface area contributed by atoms with E-state index in [-0.39, 0.29) is 17.3 Å². The Morgan fingerprint density at radius 1 is 0.794 bits per heavy atom. The van der Waals surface area contributed by atoms with E-state index in [0.29, 0.717) is 10.9 Å². The van der Waals surface area contributed by atoms with Crippen LogP contribution in [0.3, 0.4) is 0 Å². The third kappa shape index (κ3) is 2.75. The van der Waals surface area contributed by atoms with E-state index in [9.17, 15) is 9.59 Å². The first-order valence-electron chi connectivity index (χ1n) is 11.3. The Balaban J connectivity index is 1.86. The number of aryl methyl sites for hydroxylation is 2. The maximum atomic E-state index is 13.6. The van der Waals surface area contributed by atoms with Gasteiger partial charge in [-0.3, -0.25) is 13.9 Å². The summed E-state index contributed by atoms with van der Waals surface area (Å²) in [5, 5.41) is 4.22. The predicted octanol–water partition coefficient (Wildman–Crippen LogP) is 4.52. The molecule has 1 aliphatic heterocycles. The highest BCUT2D eigenvalue weighted by molar-refractivity contribution is 5.99. The number of fused-ring (bicyclic) bond motifs is 5. The molecule has 168 valence electrons. The molecule has 1 aliphatic rings. The minimum atomic E-state index is -0.341. The summed E-state index contributed by atoms with van der Waals surface area (Å²) in [7, 11) is 3.28. The van der Waals surface area contributed by atoms with Crippen LogP contribution in [0.2, 0.25) is 0 Å². The Kier molecular flexibility index (Phi) is 4.39. The summed E-state index contributed by atoms with van der Waals surface area (Å²) >= 11 is 0. The summed E-state index contributed by atoms with van der Waals surface area (Å²) in [6, 6.07) is 26.2. The third-order valence-electron chi connectivity index (χ3n) is 6.78. The van der Waals surface area contributed by atoms with Gasteiger partial charge in [0.15, 0.2) is 0 Å². The zero-order valence-electron chi connectivity index (χ0n) is 19.2. The number of anilines is 1. The lowest BCUT2D eigenvalue weighted by Gasteiger charge is -2.31. The van der Waals surface area contributed by atoms with Gasteiger partial charge in [-0.15, -0.1) is 0 Å². The van der Waals surface area contributed by atoms with E-state index >= 15 is 0 Å². The standard InChI is InChI=1S/C28H24N4O2/c1-17-13-15-18(16-14-17)23-26-25-22(27(33)31(3)28(34)30(25)2)24(19-9-5-4-6-10-19)32(26)21-12-8-7-11-20(21)29-23/h4-16,23,29H,1-3H3/t23-/m1/s1. The van der Waals surface area contributed by atoms with Crippen LogP contribution in [0.1, 0.15) is 22.9 Å². The molecule has 1 N–H and O–H groups in total. The number of nitrogens with zero attached hydrogens (tertiary/aromatic N) is 3. The average molecular weight is 449 g/mol. The van der Waals surface area contributed by atoms with Crippen molar-refractivity contribution in [2.75, 3.05) is 5.32 Å². The fourth-order valence-corrected chi connectivity index (χ4v) is 5.10. The number of hydrogen-bond donors (Lipinski definition) is 1. The first-order chi connectivity index (χ1) is 16.5. The van der Waals surface area contributed by atoms with Gasteiger partial charge in [0.1, 0.15) is 0 Å². The first-order valence-corrected chi connectivity index (χ1v) is 11.3. The average Bonchev–Trinajstić information content (AvgIpc) is 3.23. The van der Waals surface area contributed by atoms with E-state index in [0.717, 1.165) is 33.9 Å². The van der Waals surface area contributed by atoms with Crippen molar-refractivity contribution in [1.82, 2.24) is 13.7 Å². The third-order valence-corrected chi connectivity index (χ3v) is 6.78. The summed E-state index contributed by atoms with van der Waals surface area (Å²) in [5.74, 6) is 0. The van der Waals surface area contributed by atoms with Gasteiger partial charge in [-0.05, 0) is 30.2 Å². The number of nitrogens with one attached hydrogen (secondary N) is 1. The molecule has 0 radical (unpaired) electrons. The predicted molar refractivity (Wildman–Crippen MR) is 136 cm³/mol. The minimum Gasteiger partial charge on any atom is -0.371 e. The molecular weight excluding hydrogens is 424 g/mol. The summed E-state index contributed by atoms with van der Waals surface area (Å²) in [6.07, 6.45) is 0. The first kappa shape index (κ1) is 20.3. The molecule has 0 saturated carbocycles. The van der Waals surface area contributed by atoms with Gasteiger partial charge in [0.2, 0.25) is 0 Å². The van der Waals surface area contributed by atoms with Gasteiger partial charge < -0.3 is 9.88 Å². The molecule has 6 nitrogen and oxygen atoms in total. The molecule has 3 aromatic carbocycles. The normalized spacial score (nSPS) is 14.5. The fraction of sp³-hybridized carbons (Fsp3) is 0.143. The maximum Gasteiger partial charge on any atom is 0.331 e. The van der Waals surface area contributed by atoms with E-state index in [4.69, 9.17) is 0 Å². The van der Waals surface area contributed by atoms with Crippen LogP contribution in [-0.2, 0) is 14.1 Å². The zero-order valence-corrected chi connectivity index (χ0v) is 19.2. The van der Waals surface area contributed by atoms with Gasteiger partial charge in [0, 0.05) is 14.1 Å². The fourth-order valence-electron chi connectivity index (χ4n) is 5.10. The second-order valence-corrected chi connectivity index (χ2v) is 8.87. The van der Waals surface area contributed by atoms with Crippen LogP contribution < -0.4 is 16.6 Å². The molecule has 0 fully saturated rings. The molecule has 0 bridgehead atoms. The molecular formula is C28H24N4O2. The molecule has 34 heavy (non-hydrogen) atoms. The Hall–Kier alpha value is -4.32. The van der Waals surface area contributed by atoms with Crippen molar-refractivity contribution in [2.24, 2.45) is 14.1 Å². The van der Waals surface area contributed by atoms with Crippen molar-refractivity contribution < 1.29 is 0 Å². The van der Waals surface area contributed by atoms with Crippen molar-refractivity contribution in [2.45, 2.75) is 13.0 Å². The molecule has 6 heteroatoms. The number of hydrogen-bond acceptors (Lipinski definition) is 3.